The standard InChI is InChI=1S/C14H15BrN2O2S/c15-10-5-12(17(7-10)11-1-2-11)14(19)16-6-13(18)9-3-4-20-8-9/h3-5,7-8,11,13,18H,1-2,6H2,(H,16,19). The molecule has 4 nitrogen and oxygen atoms in total. The van der Waals surface area contributed by atoms with Gasteiger partial charge in [-0.3, -0.25) is 4.79 Å². The van der Waals surface area contributed by atoms with Gasteiger partial charge in [0.1, 0.15) is 5.69 Å². The molecular formula is C14H15BrN2O2S. The molecule has 1 unspecified atom stereocenters. The van der Waals surface area contributed by atoms with Crippen molar-refractivity contribution in [3.63, 3.8) is 0 Å². The van der Waals surface area contributed by atoms with E-state index in [4.69, 9.17) is 0 Å². The molecule has 0 saturated heterocycles. The van der Waals surface area contributed by atoms with Gasteiger partial charge in [-0.1, -0.05) is 0 Å². The maximum Gasteiger partial charge on any atom is 0.268 e. The summed E-state index contributed by atoms with van der Waals surface area (Å²) in [5.74, 6) is -0.142. The summed E-state index contributed by atoms with van der Waals surface area (Å²) in [6, 6.07) is 4.14. The highest BCUT2D eigenvalue weighted by atomic mass is 79.9. The molecule has 1 atom stereocenters. The fourth-order valence-corrected chi connectivity index (χ4v) is 3.29. The van der Waals surface area contributed by atoms with Crippen molar-refractivity contribution in [3.05, 3.63) is 44.8 Å². The minimum absolute atomic E-state index is 0.142. The lowest BCUT2D eigenvalue weighted by atomic mass is 10.2. The second-order valence-corrected chi connectivity index (χ2v) is 6.66. The molecule has 20 heavy (non-hydrogen) atoms. The number of amides is 1. The van der Waals surface area contributed by atoms with Gasteiger partial charge in [0, 0.05) is 23.3 Å². The first-order chi connectivity index (χ1) is 9.65. The smallest absolute Gasteiger partial charge is 0.268 e. The monoisotopic (exact) mass is 354 g/mol. The van der Waals surface area contributed by atoms with Crippen LogP contribution in [0.2, 0.25) is 0 Å². The van der Waals surface area contributed by atoms with Gasteiger partial charge in [0.05, 0.1) is 6.10 Å². The molecule has 2 N–H and O–H groups in total. The van der Waals surface area contributed by atoms with Crippen LogP contribution < -0.4 is 5.32 Å². The van der Waals surface area contributed by atoms with Crippen LogP contribution in [0.5, 0.6) is 0 Å². The van der Waals surface area contributed by atoms with Crippen molar-refractivity contribution in [3.8, 4) is 0 Å². The number of nitrogens with zero attached hydrogens (tertiary/aromatic N) is 1. The molecule has 2 aromatic rings. The van der Waals surface area contributed by atoms with Crippen LogP contribution in [0, 0.1) is 0 Å². The Morgan fingerprint density at radius 1 is 1.60 bits per heavy atom. The topological polar surface area (TPSA) is 54.3 Å². The Bertz CT molecular complexity index is 605. The van der Waals surface area contributed by atoms with Crippen LogP contribution in [-0.2, 0) is 0 Å². The number of halogens is 1. The Morgan fingerprint density at radius 3 is 3.05 bits per heavy atom. The number of rotatable bonds is 5. The van der Waals surface area contributed by atoms with Crippen molar-refractivity contribution in [2.45, 2.75) is 25.0 Å². The molecule has 0 radical (unpaired) electrons. The molecule has 0 bridgehead atoms. The number of aliphatic hydroxyl groups is 1. The van der Waals surface area contributed by atoms with Crippen LogP contribution in [0.4, 0.5) is 0 Å². The predicted octanol–water partition coefficient (Wildman–Crippen LogP) is 3.11. The van der Waals surface area contributed by atoms with Gasteiger partial charge in [0.25, 0.3) is 5.91 Å². The zero-order valence-corrected chi connectivity index (χ0v) is 13.2. The molecule has 0 aliphatic heterocycles. The lowest BCUT2D eigenvalue weighted by Gasteiger charge is -2.12. The van der Waals surface area contributed by atoms with Crippen LogP contribution in [0.15, 0.2) is 33.6 Å². The van der Waals surface area contributed by atoms with E-state index >= 15 is 0 Å². The summed E-state index contributed by atoms with van der Waals surface area (Å²) >= 11 is 4.94. The van der Waals surface area contributed by atoms with E-state index in [1.165, 1.54) is 11.3 Å². The Kier molecular flexibility index (Phi) is 3.96. The average Bonchev–Trinajstić information content (AvgIpc) is 2.98. The molecule has 1 aliphatic rings. The number of carbonyl (C=O) groups is 1. The maximum absolute atomic E-state index is 12.2. The van der Waals surface area contributed by atoms with Gasteiger partial charge in [-0.25, -0.2) is 0 Å². The first-order valence-corrected chi connectivity index (χ1v) is 8.24. The van der Waals surface area contributed by atoms with Crippen molar-refractivity contribution < 1.29 is 9.90 Å². The van der Waals surface area contributed by atoms with E-state index < -0.39 is 6.10 Å². The normalized spacial score (nSPS) is 16.1. The highest BCUT2D eigenvalue weighted by molar-refractivity contribution is 9.10. The molecule has 106 valence electrons. The van der Waals surface area contributed by atoms with Crippen molar-refractivity contribution in [1.82, 2.24) is 9.88 Å². The van der Waals surface area contributed by atoms with Crippen LogP contribution in [0.3, 0.4) is 0 Å². The molecule has 1 fully saturated rings. The molecule has 6 heteroatoms. The summed E-state index contributed by atoms with van der Waals surface area (Å²) in [7, 11) is 0. The van der Waals surface area contributed by atoms with Crippen molar-refractivity contribution in [2.24, 2.45) is 0 Å². The third kappa shape index (κ3) is 2.97. The summed E-state index contributed by atoms with van der Waals surface area (Å²) in [6.45, 7) is 0.225. The van der Waals surface area contributed by atoms with Gasteiger partial charge in [-0.15, -0.1) is 0 Å². The summed E-state index contributed by atoms with van der Waals surface area (Å²) in [6.07, 6.45) is 3.54. The van der Waals surface area contributed by atoms with Gasteiger partial charge in [-0.05, 0) is 57.2 Å². The van der Waals surface area contributed by atoms with Gasteiger partial charge in [0.15, 0.2) is 0 Å². The second-order valence-electron chi connectivity index (χ2n) is 4.96. The van der Waals surface area contributed by atoms with E-state index in [-0.39, 0.29) is 12.5 Å². The van der Waals surface area contributed by atoms with Crippen molar-refractivity contribution in [1.29, 1.82) is 0 Å². The van der Waals surface area contributed by atoms with E-state index in [0.29, 0.717) is 11.7 Å². The summed E-state index contributed by atoms with van der Waals surface area (Å²) in [5, 5.41) is 16.6. The quantitative estimate of drug-likeness (QED) is 0.866. The SMILES string of the molecule is O=C(NCC(O)c1ccsc1)c1cc(Br)cn1C1CC1. The van der Waals surface area contributed by atoms with Crippen LogP contribution in [0.25, 0.3) is 0 Å². The summed E-state index contributed by atoms with van der Waals surface area (Å²) in [4.78, 5) is 12.2. The number of thiophene rings is 1. The van der Waals surface area contributed by atoms with Crippen molar-refractivity contribution in [2.75, 3.05) is 6.54 Å². The number of hydrogen-bond donors (Lipinski definition) is 2. The number of nitrogens with one attached hydrogen (secondary N) is 1. The van der Waals surface area contributed by atoms with Gasteiger partial charge < -0.3 is 15.0 Å². The van der Waals surface area contributed by atoms with Crippen LogP contribution in [-0.4, -0.2) is 22.1 Å². The van der Waals surface area contributed by atoms with E-state index in [2.05, 4.69) is 21.2 Å². The highest BCUT2D eigenvalue weighted by Gasteiger charge is 2.27. The molecule has 3 rings (SSSR count). The lowest BCUT2D eigenvalue weighted by molar-refractivity contribution is 0.0907. The predicted molar refractivity (Wildman–Crippen MR) is 82.0 cm³/mol. The number of carbonyl (C=O) groups excluding carboxylic acids is 1. The Labute approximate surface area is 129 Å². The van der Waals surface area contributed by atoms with E-state index in [9.17, 15) is 9.90 Å². The summed E-state index contributed by atoms with van der Waals surface area (Å²) < 4.78 is 2.92. The minimum Gasteiger partial charge on any atom is -0.387 e. The third-order valence-corrected chi connectivity index (χ3v) is 4.51. The zero-order valence-electron chi connectivity index (χ0n) is 10.8. The van der Waals surface area contributed by atoms with Gasteiger partial charge >= 0.3 is 0 Å². The lowest BCUT2D eigenvalue weighted by Crippen LogP contribution is -2.29. The maximum atomic E-state index is 12.2. The van der Waals surface area contributed by atoms with E-state index in [1.807, 2.05) is 33.7 Å². The van der Waals surface area contributed by atoms with Gasteiger partial charge in [0.2, 0.25) is 0 Å². The molecule has 2 aromatic heterocycles. The molecule has 0 spiro atoms. The fourth-order valence-electron chi connectivity index (χ4n) is 2.14. The van der Waals surface area contributed by atoms with Crippen molar-refractivity contribution >= 4 is 33.2 Å². The highest BCUT2D eigenvalue weighted by Crippen LogP contribution is 2.37. The van der Waals surface area contributed by atoms with E-state index in [0.717, 1.165) is 22.9 Å². The Balaban J connectivity index is 1.64. The summed E-state index contributed by atoms with van der Waals surface area (Å²) in [5.41, 5.74) is 1.49. The van der Waals surface area contributed by atoms with Crippen LogP contribution >= 0.6 is 27.3 Å². The molecule has 1 amide bonds. The molecule has 0 aromatic carbocycles. The Hall–Kier alpha value is -1.11. The van der Waals surface area contributed by atoms with Gasteiger partial charge in [-0.2, -0.15) is 11.3 Å². The molecule has 1 aliphatic carbocycles. The molecule has 2 heterocycles. The molecular weight excluding hydrogens is 340 g/mol. The first kappa shape index (κ1) is 13.9. The number of aliphatic hydroxyl groups excluding tert-OH is 1. The largest absolute Gasteiger partial charge is 0.387 e. The Morgan fingerprint density at radius 2 is 2.40 bits per heavy atom. The first-order valence-electron chi connectivity index (χ1n) is 6.51. The second kappa shape index (κ2) is 5.71. The third-order valence-electron chi connectivity index (χ3n) is 3.37. The number of hydrogen-bond acceptors (Lipinski definition) is 3. The fraction of sp³-hybridized carbons (Fsp3) is 0.357. The van der Waals surface area contributed by atoms with Crippen LogP contribution in [0.1, 0.15) is 41.0 Å². The minimum atomic E-state index is -0.655. The van der Waals surface area contributed by atoms with E-state index in [1.54, 1.807) is 0 Å². The average molecular weight is 355 g/mol. The zero-order chi connectivity index (χ0) is 14.1. The molecule has 1 saturated carbocycles. The number of aromatic nitrogens is 1.